The lowest BCUT2D eigenvalue weighted by Crippen LogP contribution is -1.98. The lowest BCUT2D eigenvalue weighted by atomic mass is 10.2. The summed E-state index contributed by atoms with van der Waals surface area (Å²) in [5.41, 5.74) is 1.70. The van der Waals surface area contributed by atoms with Crippen molar-refractivity contribution in [3.05, 3.63) is 52.0 Å². The zero-order valence-electron chi connectivity index (χ0n) is 11.9. The number of benzene rings is 2. The molecule has 8 heteroatoms. The first kappa shape index (κ1) is 14.9. The largest absolute Gasteiger partial charge is 0.337 e. The lowest BCUT2D eigenvalue weighted by molar-refractivity contribution is 0.631. The van der Waals surface area contributed by atoms with Crippen LogP contribution in [-0.4, -0.2) is 15.0 Å². The van der Waals surface area contributed by atoms with Gasteiger partial charge in [-0.3, -0.25) is 0 Å². The highest BCUT2D eigenvalue weighted by Crippen LogP contribution is 2.34. The van der Waals surface area contributed by atoms with Crippen molar-refractivity contribution >= 4 is 59.9 Å². The molecule has 0 saturated carbocycles. The van der Waals surface area contributed by atoms with E-state index in [4.69, 9.17) is 5.26 Å². The summed E-state index contributed by atoms with van der Waals surface area (Å²) in [5, 5.41) is 13.2. The van der Waals surface area contributed by atoms with Crippen LogP contribution in [0.2, 0.25) is 0 Å². The van der Waals surface area contributed by atoms with E-state index in [0.29, 0.717) is 32.0 Å². The zero-order chi connectivity index (χ0) is 16.7. The summed E-state index contributed by atoms with van der Waals surface area (Å²) >= 11 is 4.50. The van der Waals surface area contributed by atoms with Crippen LogP contribution in [-0.2, 0) is 0 Å². The van der Waals surface area contributed by atoms with Crippen molar-refractivity contribution in [1.82, 2.24) is 15.0 Å². The van der Waals surface area contributed by atoms with Gasteiger partial charge < -0.3 is 5.32 Å². The third kappa shape index (κ3) is 2.48. The van der Waals surface area contributed by atoms with Gasteiger partial charge in [0.25, 0.3) is 0 Å². The lowest BCUT2D eigenvalue weighted by Gasteiger charge is -2.09. The van der Waals surface area contributed by atoms with Crippen LogP contribution in [0.3, 0.4) is 0 Å². The van der Waals surface area contributed by atoms with E-state index < -0.39 is 5.82 Å². The normalized spacial score (nSPS) is 10.9. The van der Waals surface area contributed by atoms with Crippen LogP contribution in [0.4, 0.5) is 15.9 Å². The summed E-state index contributed by atoms with van der Waals surface area (Å²) < 4.78 is 15.6. The van der Waals surface area contributed by atoms with Gasteiger partial charge in [0.2, 0.25) is 0 Å². The Hall–Kier alpha value is -2.63. The van der Waals surface area contributed by atoms with Crippen molar-refractivity contribution in [3.63, 3.8) is 0 Å². The maximum absolute atomic E-state index is 14.1. The SMILES string of the molecule is N#Cc1nc2ccc3ncnc(Nc4ccc(Br)cc4F)c3c2s1. The Labute approximate surface area is 147 Å². The Morgan fingerprint density at radius 2 is 2.00 bits per heavy atom. The predicted octanol–water partition coefficient (Wildman–Crippen LogP) is 4.76. The van der Waals surface area contributed by atoms with E-state index in [9.17, 15) is 4.39 Å². The quantitative estimate of drug-likeness (QED) is 0.525. The molecule has 0 bridgehead atoms. The summed E-state index contributed by atoms with van der Waals surface area (Å²) in [6.45, 7) is 0. The Balaban J connectivity index is 1.94. The molecule has 0 aliphatic heterocycles. The Bertz CT molecular complexity index is 1130. The number of halogens is 2. The number of hydrogen-bond acceptors (Lipinski definition) is 6. The Morgan fingerprint density at radius 3 is 2.79 bits per heavy atom. The third-order valence-corrected chi connectivity index (χ3v) is 4.92. The number of nitriles is 1. The molecule has 5 nitrogen and oxygen atoms in total. The van der Waals surface area contributed by atoms with E-state index in [1.54, 1.807) is 12.1 Å². The fraction of sp³-hybridized carbons (Fsp3) is 0. The molecule has 1 N–H and O–H groups in total. The van der Waals surface area contributed by atoms with Gasteiger partial charge in [-0.05, 0) is 30.3 Å². The number of nitrogens with zero attached hydrogens (tertiary/aromatic N) is 4. The Kier molecular flexibility index (Phi) is 3.59. The molecule has 2 aromatic heterocycles. The first-order chi connectivity index (χ1) is 11.7. The minimum atomic E-state index is -0.398. The molecule has 0 radical (unpaired) electrons. The first-order valence-corrected chi connectivity index (χ1v) is 8.43. The molecule has 2 aromatic carbocycles. The molecule has 4 rings (SSSR count). The molecule has 24 heavy (non-hydrogen) atoms. The van der Waals surface area contributed by atoms with Gasteiger partial charge in [-0.1, -0.05) is 15.9 Å². The standard InChI is InChI=1S/C16H7BrFN5S/c17-8-1-2-10(9(18)5-8)23-16-14-11(20-7-21-16)3-4-12-15(14)24-13(6-19)22-12/h1-5,7H,(H,20,21,23). The van der Waals surface area contributed by atoms with Crippen LogP contribution >= 0.6 is 27.3 Å². The van der Waals surface area contributed by atoms with E-state index in [1.807, 2.05) is 18.2 Å². The molecule has 2 heterocycles. The molecule has 116 valence electrons. The fourth-order valence-electron chi connectivity index (χ4n) is 2.39. The highest BCUT2D eigenvalue weighted by atomic mass is 79.9. The third-order valence-electron chi connectivity index (χ3n) is 3.44. The second-order valence-electron chi connectivity index (χ2n) is 4.91. The minimum Gasteiger partial charge on any atom is -0.337 e. The van der Waals surface area contributed by atoms with Gasteiger partial charge >= 0.3 is 0 Å². The van der Waals surface area contributed by atoms with Crippen LogP contribution in [0, 0.1) is 17.1 Å². The maximum Gasteiger partial charge on any atom is 0.195 e. The summed E-state index contributed by atoms with van der Waals surface area (Å²) in [5.74, 6) is 0.0743. The molecule has 0 fully saturated rings. The van der Waals surface area contributed by atoms with E-state index in [-0.39, 0.29) is 0 Å². The van der Waals surface area contributed by atoms with Gasteiger partial charge in [0.15, 0.2) is 5.01 Å². The van der Waals surface area contributed by atoms with E-state index in [0.717, 1.165) is 10.1 Å². The molecular weight excluding hydrogens is 393 g/mol. The monoisotopic (exact) mass is 399 g/mol. The van der Waals surface area contributed by atoms with Gasteiger partial charge in [-0.2, -0.15) is 5.26 Å². The van der Waals surface area contributed by atoms with Crippen molar-refractivity contribution in [1.29, 1.82) is 5.26 Å². The molecule has 0 saturated heterocycles. The van der Waals surface area contributed by atoms with Crippen molar-refractivity contribution < 1.29 is 4.39 Å². The number of fused-ring (bicyclic) bond motifs is 3. The number of hydrogen-bond donors (Lipinski definition) is 1. The molecular formula is C16H7BrFN5S. The molecule has 0 spiro atoms. The topological polar surface area (TPSA) is 74.5 Å². The highest BCUT2D eigenvalue weighted by molar-refractivity contribution is 9.10. The van der Waals surface area contributed by atoms with Crippen molar-refractivity contribution in [2.24, 2.45) is 0 Å². The Morgan fingerprint density at radius 1 is 1.17 bits per heavy atom. The summed E-state index contributed by atoms with van der Waals surface area (Å²) in [6.07, 6.45) is 1.42. The van der Waals surface area contributed by atoms with Crippen LogP contribution < -0.4 is 5.32 Å². The van der Waals surface area contributed by atoms with E-state index in [1.165, 1.54) is 23.7 Å². The zero-order valence-corrected chi connectivity index (χ0v) is 14.3. The first-order valence-electron chi connectivity index (χ1n) is 6.82. The van der Waals surface area contributed by atoms with Gasteiger partial charge in [-0.15, -0.1) is 11.3 Å². The number of thiazole rings is 1. The summed E-state index contributed by atoms with van der Waals surface area (Å²) in [6, 6.07) is 10.4. The number of aromatic nitrogens is 3. The van der Waals surface area contributed by atoms with Gasteiger partial charge in [-0.25, -0.2) is 19.3 Å². The van der Waals surface area contributed by atoms with Gasteiger partial charge in [0.1, 0.15) is 24.0 Å². The highest BCUT2D eigenvalue weighted by Gasteiger charge is 2.14. The van der Waals surface area contributed by atoms with Crippen LogP contribution in [0.1, 0.15) is 5.01 Å². The van der Waals surface area contributed by atoms with Crippen molar-refractivity contribution in [3.8, 4) is 6.07 Å². The average Bonchev–Trinajstić information content (AvgIpc) is 3.01. The fourth-order valence-corrected chi connectivity index (χ4v) is 3.63. The maximum atomic E-state index is 14.1. The van der Waals surface area contributed by atoms with Gasteiger partial charge in [0.05, 0.1) is 26.8 Å². The molecule has 0 aliphatic carbocycles. The summed E-state index contributed by atoms with van der Waals surface area (Å²) in [4.78, 5) is 12.7. The minimum absolute atomic E-state index is 0.306. The smallest absolute Gasteiger partial charge is 0.195 e. The average molecular weight is 400 g/mol. The molecule has 0 atom stereocenters. The van der Waals surface area contributed by atoms with Gasteiger partial charge in [0, 0.05) is 4.47 Å². The second-order valence-corrected chi connectivity index (χ2v) is 6.82. The number of rotatable bonds is 2. The van der Waals surface area contributed by atoms with E-state index in [2.05, 4.69) is 36.2 Å². The predicted molar refractivity (Wildman–Crippen MR) is 94.8 cm³/mol. The number of nitrogens with one attached hydrogen (secondary N) is 1. The summed E-state index contributed by atoms with van der Waals surface area (Å²) in [7, 11) is 0. The number of anilines is 2. The van der Waals surface area contributed by atoms with Crippen molar-refractivity contribution in [2.75, 3.05) is 5.32 Å². The van der Waals surface area contributed by atoms with Crippen molar-refractivity contribution in [2.45, 2.75) is 0 Å². The molecule has 4 aromatic rings. The van der Waals surface area contributed by atoms with Crippen LogP contribution in [0.15, 0.2) is 41.1 Å². The molecule has 0 unspecified atom stereocenters. The molecule has 0 amide bonds. The van der Waals surface area contributed by atoms with E-state index >= 15 is 0 Å². The molecule has 0 aliphatic rings. The van der Waals surface area contributed by atoms with Crippen LogP contribution in [0.5, 0.6) is 0 Å². The van der Waals surface area contributed by atoms with Crippen LogP contribution in [0.25, 0.3) is 21.1 Å². The second kappa shape index (κ2) is 5.78.